The molecule has 0 saturated heterocycles. The Balaban J connectivity index is 3.01. The molecule has 0 aliphatic heterocycles. The van der Waals surface area contributed by atoms with Gasteiger partial charge in [0.25, 0.3) is 0 Å². The van der Waals surface area contributed by atoms with E-state index in [2.05, 4.69) is 16.0 Å². The van der Waals surface area contributed by atoms with Gasteiger partial charge in [0.1, 0.15) is 18.6 Å². The van der Waals surface area contributed by atoms with E-state index in [-0.39, 0.29) is 32.1 Å². The minimum atomic E-state index is -1.30. The van der Waals surface area contributed by atoms with Crippen molar-refractivity contribution in [3.05, 3.63) is 35.9 Å². The van der Waals surface area contributed by atoms with E-state index in [0.29, 0.717) is 5.56 Å². The highest BCUT2D eigenvalue weighted by Gasteiger charge is 2.28. The number of amides is 5. The summed E-state index contributed by atoms with van der Waals surface area (Å²) in [5, 5.41) is 15.8. The summed E-state index contributed by atoms with van der Waals surface area (Å²) in [5.74, 6) is -4.96. The van der Waals surface area contributed by atoms with Gasteiger partial charge in [0.2, 0.25) is 29.5 Å². The predicted octanol–water partition coefficient (Wildman–Crippen LogP) is -2.74. The molecule has 3 atom stereocenters. The first-order valence-electron chi connectivity index (χ1n) is 10.5. The lowest BCUT2D eigenvalue weighted by Crippen LogP contribution is -2.56. The third-order valence-electron chi connectivity index (χ3n) is 4.68. The largest absolute Gasteiger partial charge is 0.480 e. The Morgan fingerprint density at radius 1 is 0.794 bits per heavy atom. The Hall–Kier alpha value is -4.00. The molecule has 1 rings (SSSR count). The van der Waals surface area contributed by atoms with Crippen molar-refractivity contribution in [1.82, 2.24) is 16.0 Å². The highest BCUT2D eigenvalue weighted by Crippen LogP contribution is 2.06. The highest BCUT2D eigenvalue weighted by atomic mass is 16.4. The number of nitrogens with one attached hydrogen (secondary N) is 3. The Morgan fingerprint density at radius 3 is 1.91 bits per heavy atom. The summed E-state index contributed by atoms with van der Waals surface area (Å²) in [5.41, 5.74) is 16.7. The fraction of sp³-hybridized carbons (Fsp3) is 0.429. The molecule has 0 aliphatic rings. The molecule has 0 bridgehead atoms. The molecule has 0 fully saturated rings. The molecule has 13 heteroatoms. The molecule has 0 aliphatic carbocycles. The quantitative estimate of drug-likeness (QED) is 0.139. The van der Waals surface area contributed by atoms with Crippen molar-refractivity contribution in [3.8, 4) is 0 Å². The second kappa shape index (κ2) is 14.2. The van der Waals surface area contributed by atoms with E-state index >= 15 is 0 Å². The number of carbonyl (C=O) groups excluding carboxylic acids is 5. The van der Waals surface area contributed by atoms with Gasteiger partial charge < -0.3 is 38.3 Å². The molecule has 5 amide bonds. The average molecular weight is 479 g/mol. The number of carboxylic acids is 1. The van der Waals surface area contributed by atoms with Crippen molar-refractivity contribution in [2.75, 3.05) is 6.54 Å². The summed E-state index contributed by atoms with van der Waals surface area (Å²) in [6, 6.07) is 5.13. The molecular formula is C21H30N6O7. The topological polar surface area (TPSA) is 237 Å². The normalized spacial score (nSPS) is 13.1. The number of carbonyl (C=O) groups is 6. The standard InChI is InChI=1S/C21H30N6O7/c22-13(6-8-16(23)28)19(32)27-15(10-12-4-2-1-3-5-12)21(34)26-14(7-9-17(24)29)20(33)25-11-18(30)31/h1-5,13-15H,6-11,22H2,(H2,23,28)(H2,24,29)(H,25,33)(H,26,34)(H,27,32)(H,30,31). The van der Waals surface area contributed by atoms with Gasteiger partial charge in [-0.3, -0.25) is 28.8 Å². The van der Waals surface area contributed by atoms with Crippen molar-refractivity contribution in [2.45, 2.75) is 50.2 Å². The summed E-state index contributed by atoms with van der Waals surface area (Å²) in [6.45, 7) is -0.694. The number of carboxylic acid groups (broad SMARTS) is 1. The van der Waals surface area contributed by atoms with E-state index in [1.165, 1.54) is 0 Å². The van der Waals surface area contributed by atoms with E-state index in [0.717, 1.165) is 0 Å². The molecule has 34 heavy (non-hydrogen) atoms. The van der Waals surface area contributed by atoms with Gasteiger partial charge in [-0.15, -0.1) is 0 Å². The SMILES string of the molecule is NC(=O)CCC(N)C(=O)NC(Cc1ccccc1)C(=O)NC(CCC(N)=O)C(=O)NCC(=O)O. The Bertz CT molecular complexity index is 893. The van der Waals surface area contributed by atoms with Crippen LogP contribution in [0.3, 0.4) is 0 Å². The molecule has 10 N–H and O–H groups in total. The van der Waals surface area contributed by atoms with Gasteiger partial charge in [-0.25, -0.2) is 0 Å². The molecule has 0 heterocycles. The van der Waals surface area contributed by atoms with Crippen molar-refractivity contribution in [1.29, 1.82) is 0 Å². The second-order valence-corrected chi connectivity index (χ2v) is 7.54. The van der Waals surface area contributed by atoms with Gasteiger partial charge in [0, 0.05) is 19.3 Å². The van der Waals surface area contributed by atoms with Crippen LogP contribution in [0.2, 0.25) is 0 Å². The molecule has 186 valence electrons. The van der Waals surface area contributed by atoms with E-state index in [9.17, 15) is 28.8 Å². The zero-order chi connectivity index (χ0) is 25.7. The maximum Gasteiger partial charge on any atom is 0.322 e. The van der Waals surface area contributed by atoms with Crippen LogP contribution in [-0.2, 0) is 35.2 Å². The summed E-state index contributed by atoms with van der Waals surface area (Å²) in [6.07, 6.45) is -0.543. The van der Waals surface area contributed by atoms with Gasteiger partial charge in [-0.2, -0.15) is 0 Å². The van der Waals surface area contributed by atoms with E-state index < -0.39 is 60.2 Å². The number of nitrogens with two attached hydrogens (primary N) is 3. The number of aliphatic carboxylic acids is 1. The summed E-state index contributed by atoms with van der Waals surface area (Å²) in [7, 11) is 0. The molecule has 13 nitrogen and oxygen atoms in total. The number of rotatable bonds is 15. The highest BCUT2D eigenvalue weighted by molar-refractivity contribution is 5.94. The summed E-state index contributed by atoms with van der Waals surface area (Å²) < 4.78 is 0. The van der Waals surface area contributed by atoms with Crippen LogP contribution in [0.25, 0.3) is 0 Å². The van der Waals surface area contributed by atoms with Gasteiger partial charge in [-0.05, 0) is 18.4 Å². The van der Waals surface area contributed by atoms with Crippen molar-refractivity contribution in [3.63, 3.8) is 0 Å². The van der Waals surface area contributed by atoms with Gasteiger partial charge in [0.15, 0.2) is 0 Å². The monoisotopic (exact) mass is 478 g/mol. The van der Waals surface area contributed by atoms with Crippen LogP contribution in [0.5, 0.6) is 0 Å². The van der Waals surface area contributed by atoms with E-state index in [1.807, 2.05) is 0 Å². The molecule has 0 radical (unpaired) electrons. The minimum Gasteiger partial charge on any atom is -0.480 e. The molecule has 3 unspecified atom stereocenters. The van der Waals surface area contributed by atoms with Gasteiger partial charge >= 0.3 is 5.97 Å². The van der Waals surface area contributed by atoms with Crippen LogP contribution >= 0.6 is 0 Å². The smallest absolute Gasteiger partial charge is 0.322 e. The van der Waals surface area contributed by atoms with Gasteiger partial charge in [0.05, 0.1) is 6.04 Å². The van der Waals surface area contributed by atoms with Crippen molar-refractivity contribution >= 4 is 35.5 Å². The van der Waals surface area contributed by atoms with Crippen LogP contribution in [0.1, 0.15) is 31.2 Å². The summed E-state index contributed by atoms with van der Waals surface area (Å²) >= 11 is 0. The van der Waals surface area contributed by atoms with E-state index in [4.69, 9.17) is 22.3 Å². The lowest BCUT2D eigenvalue weighted by Gasteiger charge is -2.24. The van der Waals surface area contributed by atoms with Gasteiger partial charge in [-0.1, -0.05) is 30.3 Å². The Morgan fingerprint density at radius 2 is 1.35 bits per heavy atom. The first-order chi connectivity index (χ1) is 16.0. The lowest BCUT2D eigenvalue weighted by atomic mass is 10.0. The first-order valence-corrected chi connectivity index (χ1v) is 10.5. The maximum atomic E-state index is 13.0. The third-order valence-corrected chi connectivity index (χ3v) is 4.68. The molecule has 0 saturated carbocycles. The van der Waals surface area contributed by atoms with Crippen LogP contribution in [0, 0.1) is 0 Å². The number of primary amides is 2. The molecule has 1 aromatic rings. The molecule has 1 aromatic carbocycles. The third kappa shape index (κ3) is 11.0. The maximum absolute atomic E-state index is 13.0. The lowest BCUT2D eigenvalue weighted by molar-refractivity contribution is -0.138. The summed E-state index contributed by atoms with van der Waals surface area (Å²) in [4.78, 5) is 70.7. The first kappa shape index (κ1) is 28.0. The zero-order valence-electron chi connectivity index (χ0n) is 18.5. The molecule has 0 aromatic heterocycles. The molecule has 0 spiro atoms. The number of hydrogen-bond donors (Lipinski definition) is 7. The second-order valence-electron chi connectivity index (χ2n) is 7.54. The predicted molar refractivity (Wildman–Crippen MR) is 119 cm³/mol. The fourth-order valence-electron chi connectivity index (χ4n) is 2.88. The molecular weight excluding hydrogens is 448 g/mol. The van der Waals surface area contributed by atoms with Crippen molar-refractivity contribution in [2.24, 2.45) is 17.2 Å². The number of benzene rings is 1. The average Bonchev–Trinajstić information content (AvgIpc) is 2.78. The van der Waals surface area contributed by atoms with Crippen LogP contribution < -0.4 is 33.2 Å². The van der Waals surface area contributed by atoms with Crippen LogP contribution in [0.15, 0.2) is 30.3 Å². The van der Waals surface area contributed by atoms with Crippen molar-refractivity contribution < 1.29 is 33.9 Å². The Kier molecular flexibility index (Phi) is 11.7. The number of hydrogen-bond acceptors (Lipinski definition) is 7. The zero-order valence-corrected chi connectivity index (χ0v) is 18.5. The van der Waals surface area contributed by atoms with Crippen LogP contribution in [0.4, 0.5) is 0 Å². The minimum absolute atomic E-state index is 0.0281. The van der Waals surface area contributed by atoms with E-state index in [1.54, 1.807) is 30.3 Å². The Labute approximate surface area is 195 Å². The van der Waals surface area contributed by atoms with Crippen LogP contribution in [-0.4, -0.2) is 65.3 Å². The fourth-order valence-corrected chi connectivity index (χ4v) is 2.88.